The molecule has 0 aliphatic carbocycles. The van der Waals surface area contributed by atoms with E-state index in [-0.39, 0.29) is 10.7 Å². The van der Waals surface area contributed by atoms with Crippen molar-refractivity contribution < 1.29 is 8.42 Å². The lowest BCUT2D eigenvalue weighted by atomic mass is 10.4. The van der Waals surface area contributed by atoms with E-state index in [1.807, 2.05) is 13.8 Å². The number of rotatable bonds is 6. The summed E-state index contributed by atoms with van der Waals surface area (Å²) >= 11 is 4.69. The Bertz CT molecular complexity index is 714. The number of thiophene rings is 1. The lowest BCUT2D eigenvalue weighted by Gasteiger charge is -2.07. The van der Waals surface area contributed by atoms with E-state index in [1.54, 1.807) is 23.6 Å². The molecule has 0 atom stereocenters. The molecule has 0 unspecified atom stereocenters. The average molecular weight is 390 g/mol. The molecule has 5 nitrogen and oxygen atoms in total. The molecular weight excluding hydrogens is 374 g/mol. The molecule has 0 aliphatic heterocycles. The van der Waals surface area contributed by atoms with Crippen LogP contribution in [0.5, 0.6) is 0 Å². The van der Waals surface area contributed by atoms with Crippen molar-refractivity contribution in [3.8, 4) is 0 Å². The van der Waals surface area contributed by atoms with Gasteiger partial charge in [-0.3, -0.25) is 4.72 Å². The standard InChI is InChI=1S/C13H16BrN3O2S2/c1-9(2)16-7-10-6-11(8-20-10)21(18,19)17-13-12(14)4-3-5-15-13/h3-6,8-9,16H,7H2,1-2H3,(H,15,17). The van der Waals surface area contributed by atoms with Gasteiger partial charge in [0.15, 0.2) is 5.82 Å². The van der Waals surface area contributed by atoms with E-state index in [0.29, 0.717) is 17.1 Å². The second-order valence-corrected chi connectivity index (χ2v) is 8.26. The van der Waals surface area contributed by atoms with Crippen molar-refractivity contribution >= 4 is 43.1 Å². The summed E-state index contributed by atoms with van der Waals surface area (Å²) < 4.78 is 27.7. The highest BCUT2D eigenvalue weighted by molar-refractivity contribution is 9.10. The zero-order chi connectivity index (χ0) is 15.5. The molecule has 0 saturated heterocycles. The number of halogens is 1. The summed E-state index contributed by atoms with van der Waals surface area (Å²) in [6.45, 7) is 4.75. The third kappa shape index (κ3) is 4.50. The number of hydrogen-bond acceptors (Lipinski definition) is 5. The first-order valence-electron chi connectivity index (χ1n) is 6.32. The SMILES string of the molecule is CC(C)NCc1cc(S(=O)(=O)Nc2ncccc2Br)cs1. The van der Waals surface area contributed by atoms with Gasteiger partial charge in [0.05, 0.1) is 9.37 Å². The molecule has 0 saturated carbocycles. The van der Waals surface area contributed by atoms with Gasteiger partial charge in [-0.05, 0) is 34.1 Å². The summed E-state index contributed by atoms with van der Waals surface area (Å²) in [5, 5.41) is 4.90. The van der Waals surface area contributed by atoms with E-state index in [4.69, 9.17) is 0 Å². The van der Waals surface area contributed by atoms with Crippen LogP contribution in [0.3, 0.4) is 0 Å². The number of pyridine rings is 1. The van der Waals surface area contributed by atoms with Crippen molar-refractivity contribution in [3.63, 3.8) is 0 Å². The van der Waals surface area contributed by atoms with Crippen molar-refractivity contribution in [2.75, 3.05) is 4.72 Å². The largest absolute Gasteiger partial charge is 0.310 e. The molecule has 2 N–H and O–H groups in total. The van der Waals surface area contributed by atoms with Crippen LogP contribution in [-0.2, 0) is 16.6 Å². The Morgan fingerprint density at radius 3 is 2.86 bits per heavy atom. The Morgan fingerprint density at radius 1 is 1.43 bits per heavy atom. The average Bonchev–Trinajstić information content (AvgIpc) is 2.88. The molecule has 2 heterocycles. The summed E-state index contributed by atoms with van der Waals surface area (Å²) in [5.41, 5.74) is 0. The molecule has 2 rings (SSSR count). The molecule has 0 amide bonds. The Balaban J connectivity index is 2.15. The first-order valence-corrected chi connectivity index (χ1v) is 9.48. The predicted octanol–water partition coefficient (Wildman–Crippen LogP) is 3.20. The van der Waals surface area contributed by atoms with E-state index in [9.17, 15) is 8.42 Å². The number of sulfonamides is 1. The minimum atomic E-state index is -3.61. The van der Waals surface area contributed by atoms with Gasteiger partial charge in [0, 0.05) is 29.0 Å². The third-order valence-electron chi connectivity index (χ3n) is 2.61. The molecule has 0 fully saturated rings. The van der Waals surface area contributed by atoms with E-state index < -0.39 is 10.0 Å². The first kappa shape index (κ1) is 16.4. The highest BCUT2D eigenvalue weighted by Gasteiger charge is 2.18. The normalized spacial score (nSPS) is 11.8. The Morgan fingerprint density at radius 2 is 2.19 bits per heavy atom. The van der Waals surface area contributed by atoms with Crippen LogP contribution in [0.25, 0.3) is 0 Å². The highest BCUT2D eigenvalue weighted by Crippen LogP contribution is 2.24. The molecule has 0 radical (unpaired) electrons. The van der Waals surface area contributed by atoms with Gasteiger partial charge < -0.3 is 5.32 Å². The molecule has 0 aliphatic rings. The molecular formula is C13H16BrN3O2S2. The molecule has 0 spiro atoms. The first-order chi connectivity index (χ1) is 9.88. The summed E-state index contributed by atoms with van der Waals surface area (Å²) in [6, 6.07) is 5.49. The fourth-order valence-corrected chi connectivity index (χ4v) is 4.29. The third-order valence-corrected chi connectivity index (χ3v) is 5.66. The Kier molecular flexibility index (Phi) is 5.37. The fourth-order valence-electron chi connectivity index (χ4n) is 1.55. The molecule has 8 heteroatoms. The highest BCUT2D eigenvalue weighted by atomic mass is 79.9. The smallest absolute Gasteiger partial charge is 0.263 e. The molecule has 2 aromatic heterocycles. The summed E-state index contributed by atoms with van der Waals surface area (Å²) in [7, 11) is -3.61. The zero-order valence-corrected chi connectivity index (χ0v) is 14.8. The molecule has 2 aromatic rings. The van der Waals surface area contributed by atoms with E-state index >= 15 is 0 Å². The fraction of sp³-hybridized carbons (Fsp3) is 0.308. The number of nitrogens with zero attached hydrogens (tertiary/aromatic N) is 1. The van der Waals surface area contributed by atoms with Crippen molar-refractivity contribution in [2.24, 2.45) is 0 Å². The van der Waals surface area contributed by atoms with E-state index in [0.717, 1.165) is 4.88 Å². The van der Waals surface area contributed by atoms with Crippen molar-refractivity contribution in [3.05, 3.63) is 39.1 Å². The van der Waals surface area contributed by atoms with Crippen molar-refractivity contribution in [2.45, 2.75) is 31.3 Å². The maximum absolute atomic E-state index is 12.3. The van der Waals surface area contributed by atoms with Gasteiger partial charge in [-0.15, -0.1) is 11.3 Å². The van der Waals surface area contributed by atoms with Gasteiger partial charge in [-0.2, -0.15) is 0 Å². The second-order valence-electron chi connectivity index (χ2n) is 4.72. The van der Waals surface area contributed by atoms with Crippen LogP contribution >= 0.6 is 27.3 Å². The van der Waals surface area contributed by atoms with Crippen LogP contribution in [0.4, 0.5) is 5.82 Å². The quantitative estimate of drug-likeness (QED) is 0.795. The lowest BCUT2D eigenvalue weighted by molar-refractivity contribution is 0.592. The van der Waals surface area contributed by atoms with Gasteiger partial charge in [-0.25, -0.2) is 13.4 Å². The van der Waals surface area contributed by atoms with Crippen molar-refractivity contribution in [1.29, 1.82) is 0 Å². The Labute approximate surface area is 137 Å². The molecule has 0 bridgehead atoms. The number of anilines is 1. The lowest BCUT2D eigenvalue weighted by Crippen LogP contribution is -2.21. The van der Waals surface area contributed by atoms with Gasteiger partial charge in [0.2, 0.25) is 0 Å². The van der Waals surface area contributed by atoms with Gasteiger partial charge in [-0.1, -0.05) is 13.8 Å². The minimum absolute atomic E-state index is 0.255. The molecule has 21 heavy (non-hydrogen) atoms. The van der Waals surface area contributed by atoms with Crippen LogP contribution in [0.1, 0.15) is 18.7 Å². The van der Waals surface area contributed by atoms with Crippen molar-refractivity contribution in [1.82, 2.24) is 10.3 Å². The molecule has 0 aromatic carbocycles. The minimum Gasteiger partial charge on any atom is -0.310 e. The van der Waals surface area contributed by atoms with Gasteiger partial charge >= 0.3 is 0 Å². The maximum atomic E-state index is 12.3. The summed E-state index contributed by atoms with van der Waals surface area (Å²) in [5.74, 6) is 0.283. The Hall–Kier alpha value is -0.960. The van der Waals surface area contributed by atoms with Crippen LogP contribution in [0, 0.1) is 0 Å². The topological polar surface area (TPSA) is 71.1 Å². The van der Waals surface area contributed by atoms with Crippen LogP contribution < -0.4 is 10.0 Å². The van der Waals surface area contributed by atoms with Gasteiger partial charge in [0.1, 0.15) is 0 Å². The second kappa shape index (κ2) is 6.87. The zero-order valence-electron chi connectivity index (χ0n) is 11.6. The van der Waals surface area contributed by atoms with Crippen LogP contribution in [0.15, 0.2) is 39.1 Å². The number of aromatic nitrogens is 1. The van der Waals surface area contributed by atoms with E-state index in [1.165, 1.54) is 17.5 Å². The van der Waals surface area contributed by atoms with Crippen LogP contribution in [0.2, 0.25) is 0 Å². The number of hydrogen-bond donors (Lipinski definition) is 2. The maximum Gasteiger partial charge on any atom is 0.263 e. The van der Waals surface area contributed by atoms with Crippen LogP contribution in [-0.4, -0.2) is 19.4 Å². The predicted molar refractivity (Wildman–Crippen MR) is 89.0 cm³/mol. The number of nitrogens with one attached hydrogen (secondary N) is 2. The van der Waals surface area contributed by atoms with E-state index in [2.05, 4.69) is 31.0 Å². The van der Waals surface area contributed by atoms with Gasteiger partial charge in [0.25, 0.3) is 10.0 Å². The summed E-state index contributed by atoms with van der Waals surface area (Å²) in [6.07, 6.45) is 1.54. The molecule has 114 valence electrons. The summed E-state index contributed by atoms with van der Waals surface area (Å²) in [4.78, 5) is 5.24. The monoisotopic (exact) mass is 389 g/mol.